The van der Waals surface area contributed by atoms with E-state index in [1.54, 1.807) is 12.1 Å². The van der Waals surface area contributed by atoms with Crippen LogP contribution in [0.25, 0.3) is 10.8 Å². The fourth-order valence-electron chi connectivity index (χ4n) is 3.75. The maximum Gasteiger partial charge on any atom is 0.265 e. The number of amides is 1. The Labute approximate surface area is 165 Å². The molecule has 28 heavy (non-hydrogen) atoms. The summed E-state index contributed by atoms with van der Waals surface area (Å²) < 4.78 is 27.3. The highest BCUT2D eigenvalue weighted by molar-refractivity contribution is 7.93. The number of nitrogens with zero attached hydrogens (tertiary/aromatic N) is 1. The zero-order valence-electron chi connectivity index (χ0n) is 15.7. The SMILES string of the molecule is CCc1ccccc1NC(=O)CCCN1c2cccc3cccc(c23)S1(=O)=O. The lowest BCUT2D eigenvalue weighted by molar-refractivity contribution is -0.116. The van der Waals surface area contributed by atoms with Gasteiger partial charge in [-0.2, -0.15) is 0 Å². The molecule has 3 aromatic rings. The Morgan fingerprint density at radius 3 is 2.54 bits per heavy atom. The molecule has 1 heterocycles. The van der Waals surface area contributed by atoms with E-state index >= 15 is 0 Å². The van der Waals surface area contributed by atoms with Crippen molar-refractivity contribution >= 4 is 38.1 Å². The molecule has 1 amide bonds. The number of para-hydroxylation sites is 1. The Kier molecular flexibility index (Phi) is 4.81. The number of hydrogen-bond acceptors (Lipinski definition) is 3. The third kappa shape index (κ3) is 3.14. The number of rotatable bonds is 6. The normalized spacial score (nSPS) is 14.4. The number of anilines is 2. The predicted octanol–water partition coefficient (Wildman–Crippen LogP) is 4.33. The first kappa shape index (κ1) is 18.5. The number of carbonyl (C=O) groups is 1. The van der Waals surface area contributed by atoms with Gasteiger partial charge in [0, 0.05) is 24.0 Å². The van der Waals surface area contributed by atoms with Crippen molar-refractivity contribution in [2.24, 2.45) is 0 Å². The highest BCUT2D eigenvalue weighted by Gasteiger charge is 2.35. The molecular formula is C22H22N2O3S. The van der Waals surface area contributed by atoms with Crippen molar-refractivity contribution in [3.05, 3.63) is 66.2 Å². The van der Waals surface area contributed by atoms with Crippen molar-refractivity contribution in [3.63, 3.8) is 0 Å². The van der Waals surface area contributed by atoms with Gasteiger partial charge in [0.25, 0.3) is 10.0 Å². The Morgan fingerprint density at radius 1 is 1.00 bits per heavy atom. The van der Waals surface area contributed by atoms with Crippen molar-refractivity contribution < 1.29 is 13.2 Å². The molecule has 6 heteroatoms. The first-order valence-corrected chi connectivity index (χ1v) is 10.9. The molecule has 0 radical (unpaired) electrons. The molecule has 0 aromatic heterocycles. The third-order valence-corrected chi connectivity index (χ3v) is 6.97. The predicted molar refractivity (Wildman–Crippen MR) is 112 cm³/mol. The van der Waals surface area contributed by atoms with Crippen LogP contribution in [0.4, 0.5) is 11.4 Å². The van der Waals surface area contributed by atoms with E-state index in [2.05, 4.69) is 5.32 Å². The molecule has 0 unspecified atom stereocenters. The van der Waals surface area contributed by atoms with E-state index in [0.717, 1.165) is 28.4 Å². The summed E-state index contributed by atoms with van der Waals surface area (Å²) in [5.41, 5.74) is 2.60. The average molecular weight is 394 g/mol. The van der Waals surface area contributed by atoms with Gasteiger partial charge in [0.2, 0.25) is 5.91 Å². The zero-order valence-corrected chi connectivity index (χ0v) is 16.5. The van der Waals surface area contributed by atoms with Crippen LogP contribution in [0.15, 0.2) is 65.6 Å². The molecule has 4 rings (SSSR count). The van der Waals surface area contributed by atoms with Gasteiger partial charge in [-0.25, -0.2) is 8.42 Å². The van der Waals surface area contributed by atoms with Gasteiger partial charge in [0.15, 0.2) is 0 Å². The molecular weight excluding hydrogens is 372 g/mol. The maximum atomic E-state index is 12.9. The summed E-state index contributed by atoms with van der Waals surface area (Å²) in [6.45, 7) is 2.32. The smallest absolute Gasteiger partial charge is 0.265 e. The second-order valence-electron chi connectivity index (χ2n) is 6.87. The first-order valence-electron chi connectivity index (χ1n) is 9.44. The maximum absolute atomic E-state index is 12.9. The first-order chi connectivity index (χ1) is 13.5. The standard InChI is InChI=1S/C22H22N2O3S/c1-2-16-8-3-4-11-18(16)23-21(25)14-7-15-24-19-12-5-9-17-10-6-13-20(22(17)19)28(24,26)27/h3-6,8-13H,2,7,14-15H2,1H3,(H,23,25). The fourth-order valence-corrected chi connectivity index (χ4v) is 5.49. The quantitative estimate of drug-likeness (QED) is 0.677. The van der Waals surface area contributed by atoms with E-state index < -0.39 is 10.0 Å². The van der Waals surface area contributed by atoms with E-state index in [1.165, 1.54) is 4.31 Å². The van der Waals surface area contributed by atoms with Crippen molar-refractivity contribution in [1.82, 2.24) is 0 Å². The van der Waals surface area contributed by atoms with Crippen LogP contribution in [0.1, 0.15) is 25.3 Å². The van der Waals surface area contributed by atoms with Crippen LogP contribution in [0, 0.1) is 0 Å². The van der Waals surface area contributed by atoms with Crippen LogP contribution in [-0.4, -0.2) is 20.9 Å². The minimum atomic E-state index is -3.56. The number of nitrogens with one attached hydrogen (secondary N) is 1. The van der Waals surface area contributed by atoms with Crippen molar-refractivity contribution in [1.29, 1.82) is 0 Å². The summed E-state index contributed by atoms with van der Waals surface area (Å²) in [6.07, 6.45) is 1.55. The van der Waals surface area contributed by atoms with E-state index in [4.69, 9.17) is 0 Å². The lowest BCUT2D eigenvalue weighted by atomic mass is 10.1. The molecule has 0 saturated carbocycles. The van der Waals surface area contributed by atoms with Gasteiger partial charge in [0.1, 0.15) is 0 Å². The second-order valence-corrected chi connectivity index (χ2v) is 8.70. The highest BCUT2D eigenvalue weighted by Crippen LogP contribution is 2.41. The van der Waals surface area contributed by atoms with Gasteiger partial charge in [-0.1, -0.05) is 49.4 Å². The van der Waals surface area contributed by atoms with Gasteiger partial charge in [0.05, 0.1) is 10.6 Å². The lowest BCUT2D eigenvalue weighted by Crippen LogP contribution is -2.29. The monoisotopic (exact) mass is 394 g/mol. The largest absolute Gasteiger partial charge is 0.326 e. The molecule has 0 saturated heterocycles. The van der Waals surface area contributed by atoms with Gasteiger partial charge < -0.3 is 5.32 Å². The van der Waals surface area contributed by atoms with Crippen LogP contribution in [0.3, 0.4) is 0 Å². The molecule has 144 valence electrons. The molecule has 1 aliphatic heterocycles. The van der Waals surface area contributed by atoms with Crippen LogP contribution in [-0.2, 0) is 21.2 Å². The number of benzene rings is 3. The molecule has 1 N–H and O–H groups in total. The van der Waals surface area contributed by atoms with Crippen molar-refractivity contribution in [2.45, 2.75) is 31.1 Å². The molecule has 1 aliphatic rings. The molecule has 0 atom stereocenters. The number of aryl methyl sites for hydroxylation is 1. The van der Waals surface area contributed by atoms with Gasteiger partial charge in [-0.3, -0.25) is 9.10 Å². The minimum Gasteiger partial charge on any atom is -0.326 e. The van der Waals surface area contributed by atoms with Crippen molar-refractivity contribution in [3.8, 4) is 0 Å². The third-order valence-electron chi connectivity index (χ3n) is 5.12. The van der Waals surface area contributed by atoms with Crippen LogP contribution >= 0.6 is 0 Å². The van der Waals surface area contributed by atoms with Crippen molar-refractivity contribution in [2.75, 3.05) is 16.2 Å². The summed E-state index contributed by atoms with van der Waals surface area (Å²) in [5, 5.41) is 4.62. The van der Waals surface area contributed by atoms with Gasteiger partial charge in [-0.05, 0) is 42.0 Å². The molecule has 5 nitrogen and oxygen atoms in total. The summed E-state index contributed by atoms with van der Waals surface area (Å²) in [6, 6.07) is 18.7. The molecule has 0 spiro atoms. The van der Waals surface area contributed by atoms with E-state index in [9.17, 15) is 13.2 Å². The topological polar surface area (TPSA) is 66.5 Å². The van der Waals surface area contributed by atoms with Crippen LogP contribution in [0.2, 0.25) is 0 Å². The van der Waals surface area contributed by atoms with E-state index in [0.29, 0.717) is 17.0 Å². The lowest BCUT2D eigenvalue weighted by Gasteiger charge is -2.18. The number of sulfonamides is 1. The molecule has 3 aromatic carbocycles. The van der Waals surface area contributed by atoms with Gasteiger partial charge in [-0.15, -0.1) is 0 Å². The number of carbonyl (C=O) groups excluding carboxylic acids is 1. The Hall–Kier alpha value is -2.86. The molecule has 0 bridgehead atoms. The fraction of sp³-hybridized carbons (Fsp3) is 0.227. The summed E-state index contributed by atoms with van der Waals surface area (Å²) in [5.74, 6) is -0.104. The molecule has 0 fully saturated rings. The Balaban J connectivity index is 1.46. The van der Waals surface area contributed by atoms with E-state index in [1.807, 2.05) is 55.5 Å². The molecule has 0 aliphatic carbocycles. The summed E-state index contributed by atoms with van der Waals surface area (Å²) in [4.78, 5) is 12.7. The summed E-state index contributed by atoms with van der Waals surface area (Å²) in [7, 11) is -3.56. The minimum absolute atomic E-state index is 0.104. The zero-order chi connectivity index (χ0) is 19.7. The average Bonchev–Trinajstić information content (AvgIpc) is 2.92. The number of hydrogen-bond donors (Lipinski definition) is 1. The van der Waals surface area contributed by atoms with E-state index in [-0.39, 0.29) is 18.9 Å². The highest BCUT2D eigenvalue weighted by atomic mass is 32.2. The van der Waals surface area contributed by atoms with Crippen LogP contribution in [0.5, 0.6) is 0 Å². The van der Waals surface area contributed by atoms with Gasteiger partial charge >= 0.3 is 0 Å². The van der Waals surface area contributed by atoms with Crippen LogP contribution < -0.4 is 9.62 Å². The Morgan fingerprint density at radius 2 is 1.75 bits per heavy atom. The summed E-state index contributed by atoms with van der Waals surface area (Å²) >= 11 is 0. The second kappa shape index (κ2) is 7.28. The Bertz CT molecular complexity index is 1150.